The first-order chi connectivity index (χ1) is 7.61. The number of hydrogen-bond donors (Lipinski definition) is 0. The predicted molar refractivity (Wildman–Crippen MR) is 67.4 cm³/mol. The summed E-state index contributed by atoms with van der Waals surface area (Å²) in [5, 5.41) is 0.617. The Balaban J connectivity index is 2.30. The van der Waals surface area contributed by atoms with E-state index in [1.54, 1.807) is 6.07 Å². The van der Waals surface area contributed by atoms with E-state index in [0.29, 0.717) is 22.4 Å². The van der Waals surface area contributed by atoms with E-state index in [1.165, 1.54) is 0 Å². The lowest BCUT2D eigenvalue weighted by Crippen LogP contribution is -2.20. The summed E-state index contributed by atoms with van der Waals surface area (Å²) >= 11 is 5.88. The number of hydrogen-bond acceptors (Lipinski definition) is 2. The van der Waals surface area contributed by atoms with Gasteiger partial charge in [0, 0.05) is 29.4 Å². The molecular formula is C13H16ClNO. The second-order valence-corrected chi connectivity index (χ2v) is 5.12. The lowest BCUT2D eigenvalue weighted by atomic mass is 10.0. The van der Waals surface area contributed by atoms with Crippen LogP contribution in [0.4, 0.5) is 5.69 Å². The lowest BCUT2D eigenvalue weighted by Gasteiger charge is -2.20. The molecule has 0 aliphatic carbocycles. The van der Waals surface area contributed by atoms with Crippen LogP contribution < -0.4 is 4.90 Å². The molecule has 1 aliphatic heterocycles. The Morgan fingerprint density at radius 2 is 1.94 bits per heavy atom. The first-order valence-corrected chi connectivity index (χ1v) is 5.99. The molecule has 1 fully saturated rings. The van der Waals surface area contributed by atoms with Crippen molar-refractivity contribution in [3.63, 3.8) is 0 Å². The summed E-state index contributed by atoms with van der Waals surface area (Å²) in [5.41, 5.74) is 1.70. The molecule has 2 rings (SSSR count). The van der Waals surface area contributed by atoms with Crippen molar-refractivity contribution in [3.05, 3.63) is 28.8 Å². The van der Waals surface area contributed by atoms with Crippen molar-refractivity contribution < 1.29 is 4.79 Å². The van der Waals surface area contributed by atoms with E-state index in [-0.39, 0.29) is 0 Å². The molecule has 86 valence electrons. The van der Waals surface area contributed by atoms with Gasteiger partial charge in [0.2, 0.25) is 0 Å². The Bertz CT molecular complexity index is 395. The highest BCUT2D eigenvalue weighted by atomic mass is 35.5. The quantitative estimate of drug-likeness (QED) is 0.736. The molecule has 16 heavy (non-hydrogen) atoms. The number of nitrogens with zero attached hydrogens (tertiary/aromatic N) is 1. The molecule has 1 aliphatic rings. The number of carbonyl (C=O) groups excluding carboxylic acids is 1. The topological polar surface area (TPSA) is 20.3 Å². The van der Waals surface area contributed by atoms with E-state index in [2.05, 4.69) is 18.7 Å². The summed E-state index contributed by atoms with van der Waals surface area (Å²) in [6, 6.07) is 5.52. The van der Waals surface area contributed by atoms with Gasteiger partial charge in [-0.25, -0.2) is 0 Å². The van der Waals surface area contributed by atoms with Crippen LogP contribution in [0.15, 0.2) is 18.2 Å². The third-order valence-corrected chi connectivity index (χ3v) is 3.68. The van der Waals surface area contributed by atoms with E-state index in [0.717, 1.165) is 25.1 Å². The minimum atomic E-state index is 0.617. The van der Waals surface area contributed by atoms with Gasteiger partial charge in [0.1, 0.15) is 0 Å². The Kier molecular flexibility index (Phi) is 3.20. The average molecular weight is 238 g/mol. The van der Waals surface area contributed by atoms with Crippen molar-refractivity contribution in [2.24, 2.45) is 11.8 Å². The fourth-order valence-corrected chi connectivity index (χ4v) is 2.41. The molecule has 0 amide bonds. The molecule has 0 spiro atoms. The average Bonchev–Trinajstić information content (AvgIpc) is 2.59. The van der Waals surface area contributed by atoms with E-state index >= 15 is 0 Å². The molecule has 1 aromatic rings. The van der Waals surface area contributed by atoms with Gasteiger partial charge in [0.05, 0.1) is 0 Å². The van der Waals surface area contributed by atoms with E-state index in [4.69, 9.17) is 11.6 Å². The number of carbonyl (C=O) groups is 1. The molecule has 2 atom stereocenters. The predicted octanol–water partition coefficient (Wildman–Crippen LogP) is 3.24. The van der Waals surface area contributed by atoms with Crippen molar-refractivity contribution in [2.75, 3.05) is 18.0 Å². The smallest absolute Gasteiger partial charge is 0.152 e. The molecule has 1 saturated heterocycles. The van der Waals surface area contributed by atoms with E-state index in [9.17, 15) is 4.79 Å². The van der Waals surface area contributed by atoms with Gasteiger partial charge in [-0.2, -0.15) is 0 Å². The van der Waals surface area contributed by atoms with Gasteiger partial charge in [0.25, 0.3) is 0 Å². The maximum absolute atomic E-state index is 11.0. The molecule has 0 aromatic heterocycles. The Hall–Kier alpha value is -1.02. The minimum absolute atomic E-state index is 0.617. The summed E-state index contributed by atoms with van der Waals surface area (Å²) in [6.07, 6.45) is 0.884. The van der Waals surface area contributed by atoms with Gasteiger partial charge in [0.15, 0.2) is 6.29 Å². The number of benzene rings is 1. The van der Waals surface area contributed by atoms with Gasteiger partial charge in [-0.05, 0) is 30.0 Å². The highest BCUT2D eigenvalue weighted by molar-refractivity contribution is 6.31. The van der Waals surface area contributed by atoms with Crippen molar-refractivity contribution in [2.45, 2.75) is 13.8 Å². The van der Waals surface area contributed by atoms with Crippen molar-refractivity contribution in [3.8, 4) is 0 Å². The van der Waals surface area contributed by atoms with Gasteiger partial charge < -0.3 is 4.90 Å². The van der Waals surface area contributed by atoms with Crippen LogP contribution in [0.5, 0.6) is 0 Å². The standard InChI is InChI=1S/C13H16ClNO/c1-9-6-15(7-10(9)2)13-4-3-12(14)5-11(13)8-16/h3-5,8-10H,6-7H2,1-2H3. The number of aldehydes is 1. The maximum atomic E-state index is 11.0. The zero-order valence-corrected chi connectivity index (χ0v) is 10.4. The number of anilines is 1. The van der Waals surface area contributed by atoms with E-state index < -0.39 is 0 Å². The van der Waals surface area contributed by atoms with Crippen LogP contribution >= 0.6 is 11.6 Å². The molecule has 2 nitrogen and oxygen atoms in total. The first-order valence-electron chi connectivity index (χ1n) is 5.61. The van der Waals surface area contributed by atoms with E-state index in [1.807, 2.05) is 12.1 Å². The lowest BCUT2D eigenvalue weighted by molar-refractivity contribution is 0.112. The highest BCUT2D eigenvalue weighted by Crippen LogP contribution is 2.30. The summed E-state index contributed by atoms with van der Waals surface area (Å²) in [4.78, 5) is 13.3. The summed E-state index contributed by atoms with van der Waals surface area (Å²) in [7, 11) is 0. The van der Waals surface area contributed by atoms with Crippen LogP contribution in [-0.2, 0) is 0 Å². The van der Waals surface area contributed by atoms with Crippen LogP contribution in [0.25, 0.3) is 0 Å². The summed E-state index contributed by atoms with van der Waals surface area (Å²) in [5.74, 6) is 1.35. The molecule has 3 heteroatoms. The highest BCUT2D eigenvalue weighted by Gasteiger charge is 2.27. The Morgan fingerprint density at radius 3 is 2.50 bits per heavy atom. The second-order valence-electron chi connectivity index (χ2n) is 4.68. The molecule has 0 saturated carbocycles. The molecule has 1 heterocycles. The normalized spacial score (nSPS) is 24.8. The van der Waals surface area contributed by atoms with Crippen LogP contribution in [0.2, 0.25) is 5.02 Å². The molecule has 1 aromatic carbocycles. The first kappa shape index (κ1) is 11.5. The minimum Gasteiger partial charge on any atom is -0.370 e. The van der Waals surface area contributed by atoms with Crippen molar-refractivity contribution in [1.82, 2.24) is 0 Å². The Labute approximate surface area is 101 Å². The third kappa shape index (κ3) is 2.07. The zero-order valence-electron chi connectivity index (χ0n) is 9.61. The third-order valence-electron chi connectivity index (χ3n) is 3.45. The van der Waals surface area contributed by atoms with Crippen LogP contribution in [0.1, 0.15) is 24.2 Å². The van der Waals surface area contributed by atoms with Crippen LogP contribution in [0, 0.1) is 11.8 Å². The fourth-order valence-electron chi connectivity index (χ4n) is 2.23. The maximum Gasteiger partial charge on any atom is 0.152 e. The largest absolute Gasteiger partial charge is 0.370 e. The molecule has 0 radical (unpaired) electrons. The molecule has 0 bridgehead atoms. The fraction of sp³-hybridized carbons (Fsp3) is 0.462. The molecular weight excluding hydrogens is 222 g/mol. The van der Waals surface area contributed by atoms with Gasteiger partial charge >= 0.3 is 0 Å². The SMILES string of the molecule is CC1CN(c2ccc(Cl)cc2C=O)CC1C. The summed E-state index contributed by atoms with van der Waals surface area (Å²) in [6.45, 7) is 6.54. The van der Waals surface area contributed by atoms with Gasteiger partial charge in [-0.3, -0.25) is 4.79 Å². The van der Waals surface area contributed by atoms with Crippen LogP contribution in [0.3, 0.4) is 0 Å². The zero-order chi connectivity index (χ0) is 11.7. The second kappa shape index (κ2) is 4.46. The van der Waals surface area contributed by atoms with Crippen molar-refractivity contribution in [1.29, 1.82) is 0 Å². The summed E-state index contributed by atoms with van der Waals surface area (Å²) < 4.78 is 0. The monoisotopic (exact) mass is 237 g/mol. The van der Waals surface area contributed by atoms with Crippen molar-refractivity contribution >= 4 is 23.6 Å². The van der Waals surface area contributed by atoms with Gasteiger partial charge in [-0.15, -0.1) is 0 Å². The Morgan fingerprint density at radius 1 is 1.31 bits per heavy atom. The molecule has 2 unspecified atom stereocenters. The number of rotatable bonds is 2. The number of halogens is 1. The van der Waals surface area contributed by atoms with Crippen LogP contribution in [-0.4, -0.2) is 19.4 Å². The molecule has 0 N–H and O–H groups in total. The van der Waals surface area contributed by atoms with Gasteiger partial charge in [-0.1, -0.05) is 25.4 Å².